The Bertz CT molecular complexity index is 885. The normalized spacial score (nSPS) is 10.6. The van der Waals surface area contributed by atoms with Gasteiger partial charge in [-0.05, 0) is 42.0 Å². The van der Waals surface area contributed by atoms with Crippen LogP contribution in [0.3, 0.4) is 0 Å². The molecule has 6 heteroatoms. The van der Waals surface area contributed by atoms with E-state index in [0.29, 0.717) is 12.1 Å². The molecule has 3 rings (SSSR count). The maximum Gasteiger partial charge on any atom is 0.257 e. The third-order valence-electron chi connectivity index (χ3n) is 4.14. The first kappa shape index (κ1) is 18.2. The quantitative estimate of drug-likeness (QED) is 0.636. The first-order valence-corrected chi connectivity index (χ1v) is 9.05. The van der Waals surface area contributed by atoms with Crippen LogP contribution >= 0.6 is 15.9 Å². The lowest BCUT2D eigenvalue weighted by atomic mass is 10.2. The van der Waals surface area contributed by atoms with Gasteiger partial charge in [-0.2, -0.15) is 5.10 Å². The first-order chi connectivity index (χ1) is 12.4. The molecule has 0 saturated heterocycles. The fraction of sp³-hybridized carbons (Fsp3) is 0.200. The third kappa shape index (κ3) is 4.14. The summed E-state index contributed by atoms with van der Waals surface area (Å²) in [6.45, 7) is 0.552. The van der Waals surface area contributed by atoms with Gasteiger partial charge in [0.1, 0.15) is 0 Å². The summed E-state index contributed by atoms with van der Waals surface area (Å²) >= 11 is 3.42. The summed E-state index contributed by atoms with van der Waals surface area (Å²) in [5, 5.41) is 4.31. The molecule has 0 spiro atoms. The summed E-state index contributed by atoms with van der Waals surface area (Å²) in [4.78, 5) is 16.4. The average Bonchev–Trinajstić information content (AvgIpc) is 3.12. The highest BCUT2D eigenvalue weighted by atomic mass is 79.9. The van der Waals surface area contributed by atoms with E-state index in [2.05, 4.69) is 38.1 Å². The number of hydrogen-bond donors (Lipinski definition) is 0. The highest BCUT2D eigenvalue weighted by Gasteiger charge is 2.15. The van der Waals surface area contributed by atoms with Crippen molar-refractivity contribution < 1.29 is 4.79 Å². The monoisotopic (exact) mass is 412 g/mol. The molecule has 3 aromatic rings. The molecule has 1 heterocycles. The summed E-state index contributed by atoms with van der Waals surface area (Å²) in [5.74, 6) is -0.0509. The van der Waals surface area contributed by atoms with Crippen molar-refractivity contribution in [1.29, 1.82) is 0 Å². The number of halogens is 1. The second-order valence-electron chi connectivity index (χ2n) is 6.37. The SMILES string of the molecule is CN(Cc1ccc(N(C)C)cc1)C(=O)c1cnn(-c2ccc(Br)cc2)c1. The van der Waals surface area contributed by atoms with Gasteiger partial charge in [0.25, 0.3) is 5.91 Å². The van der Waals surface area contributed by atoms with E-state index in [4.69, 9.17) is 0 Å². The maximum absolute atomic E-state index is 12.7. The van der Waals surface area contributed by atoms with Crippen molar-refractivity contribution in [3.05, 3.63) is 76.5 Å². The number of carbonyl (C=O) groups excluding carboxylic acids is 1. The van der Waals surface area contributed by atoms with Crippen LogP contribution in [0.15, 0.2) is 65.4 Å². The molecule has 2 aromatic carbocycles. The Morgan fingerprint density at radius 2 is 1.69 bits per heavy atom. The number of nitrogens with zero attached hydrogens (tertiary/aromatic N) is 4. The minimum absolute atomic E-state index is 0.0509. The van der Waals surface area contributed by atoms with Gasteiger partial charge >= 0.3 is 0 Å². The summed E-state index contributed by atoms with van der Waals surface area (Å²) in [7, 11) is 5.82. The van der Waals surface area contributed by atoms with Crippen LogP contribution in [-0.4, -0.2) is 41.7 Å². The molecule has 1 aromatic heterocycles. The molecule has 0 atom stereocenters. The predicted molar refractivity (Wildman–Crippen MR) is 108 cm³/mol. The summed E-state index contributed by atoms with van der Waals surface area (Å²) < 4.78 is 2.71. The fourth-order valence-corrected chi connectivity index (χ4v) is 2.90. The lowest BCUT2D eigenvalue weighted by Gasteiger charge is -2.17. The molecule has 134 valence electrons. The van der Waals surface area contributed by atoms with E-state index in [1.54, 1.807) is 29.0 Å². The number of benzene rings is 2. The smallest absolute Gasteiger partial charge is 0.257 e. The van der Waals surface area contributed by atoms with Crippen LogP contribution in [0.1, 0.15) is 15.9 Å². The van der Waals surface area contributed by atoms with Gasteiger partial charge < -0.3 is 9.80 Å². The molecule has 0 aliphatic heterocycles. The van der Waals surface area contributed by atoms with Gasteiger partial charge in [0.05, 0.1) is 17.4 Å². The maximum atomic E-state index is 12.7. The van der Waals surface area contributed by atoms with Crippen molar-refractivity contribution in [2.24, 2.45) is 0 Å². The Hall–Kier alpha value is -2.60. The van der Waals surface area contributed by atoms with E-state index in [1.807, 2.05) is 50.5 Å². The molecule has 0 N–H and O–H groups in total. The molecule has 5 nitrogen and oxygen atoms in total. The van der Waals surface area contributed by atoms with Crippen LogP contribution in [0.4, 0.5) is 5.69 Å². The molecule has 1 amide bonds. The molecular weight excluding hydrogens is 392 g/mol. The van der Waals surface area contributed by atoms with Crippen LogP contribution in [-0.2, 0) is 6.54 Å². The van der Waals surface area contributed by atoms with Gasteiger partial charge in [0.2, 0.25) is 0 Å². The van der Waals surface area contributed by atoms with Crippen LogP contribution in [0.2, 0.25) is 0 Å². The van der Waals surface area contributed by atoms with Gasteiger partial charge in [0.15, 0.2) is 0 Å². The number of aromatic nitrogens is 2. The lowest BCUT2D eigenvalue weighted by Crippen LogP contribution is -2.25. The Morgan fingerprint density at radius 1 is 1.04 bits per heavy atom. The van der Waals surface area contributed by atoms with E-state index in [0.717, 1.165) is 21.4 Å². The van der Waals surface area contributed by atoms with Crippen LogP contribution in [0.5, 0.6) is 0 Å². The highest BCUT2D eigenvalue weighted by Crippen LogP contribution is 2.16. The minimum Gasteiger partial charge on any atom is -0.378 e. The zero-order valence-electron chi connectivity index (χ0n) is 15.1. The Morgan fingerprint density at radius 3 is 2.31 bits per heavy atom. The standard InChI is InChI=1S/C20H21BrN4O/c1-23(2)18-8-4-15(5-9-18)13-24(3)20(26)16-12-22-25(14-16)19-10-6-17(21)7-11-19/h4-12,14H,13H2,1-3H3. The van der Waals surface area contributed by atoms with Crippen LogP contribution in [0.25, 0.3) is 5.69 Å². The van der Waals surface area contributed by atoms with Gasteiger partial charge in [-0.15, -0.1) is 0 Å². The highest BCUT2D eigenvalue weighted by molar-refractivity contribution is 9.10. The van der Waals surface area contributed by atoms with Gasteiger partial charge in [-0.3, -0.25) is 4.79 Å². The molecule has 0 radical (unpaired) electrons. The molecule has 0 unspecified atom stereocenters. The summed E-state index contributed by atoms with van der Waals surface area (Å²) in [5.41, 5.74) is 3.71. The number of hydrogen-bond acceptors (Lipinski definition) is 3. The second kappa shape index (κ2) is 7.74. The number of anilines is 1. The Labute approximate surface area is 162 Å². The van der Waals surface area contributed by atoms with Crippen molar-refractivity contribution in [2.45, 2.75) is 6.54 Å². The number of amides is 1. The second-order valence-corrected chi connectivity index (χ2v) is 7.29. The average molecular weight is 413 g/mol. The van der Waals surface area contributed by atoms with Crippen molar-refractivity contribution >= 4 is 27.5 Å². The molecule has 0 fully saturated rings. The van der Waals surface area contributed by atoms with Crippen molar-refractivity contribution in [2.75, 3.05) is 26.0 Å². The van der Waals surface area contributed by atoms with E-state index in [9.17, 15) is 4.79 Å². The van der Waals surface area contributed by atoms with E-state index in [1.165, 1.54) is 0 Å². The first-order valence-electron chi connectivity index (χ1n) is 8.26. The predicted octanol–water partition coefficient (Wildman–Crippen LogP) is 3.97. The lowest BCUT2D eigenvalue weighted by molar-refractivity contribution is 0.0785. The van der Waals surface area contributed by atoms with Crippen LogP contribution in [0, 0.1) is 0 Å². The molecular formula is C20H21BrN4O. The van der Waals surface area contributed by atoms with E-state index >= 15 is 0 Å². The molecule has 0 saturated carbocycles. The van der Waals surface area contributed by atoms with E-state index in [-0.39, 0.29) is 5.91 Å². The van der Waals surface area contributed by atoms with Gasteiger partial charge in [-0.1, -0.05) is 28.1 Å². The van der Waals surface area contributed by atoms with Crippen LogP contribution < -0.4 is 4.90 Å². The van der Waals surface area contributed by atoms with Gasteiger partial charge in [0, 0.05) is 44.0 Å². The zero-order chi connectivity index (χ0) is 18.7. The minimum atomic E-state index is -0.0509. The van der Waals surface area contributed by atoms with Crippen molar-refractivity contribution in [1.82, 2.24) is 14.7 Å². The molecule has 26 heavy (non-hydrogen) atoms. The molecule has 0 bridgehead atoms. The third-order valence-corrected chi connectivity index (χ3v) is 4.67. The molecule has 0 aliphatic carbocycles. The molecule has 0 aliphatic rings. The van der Waals surface area contributed by atoms with E-state index < -0.39 is 0 Å². The Kier molecular flexibility index (Phi) is 5.42. The number of carbonyl (C=O) groups is 1. The largest absolute Gasteiger partial charge is 0.378 e. The fourth-order valence-electron chi connectivity index (χ4n) is 2.63. The number of rotatable bonds is 5. The zero-order valence-corrected chi connectivity index (χ0v) is 16.6. The summed E-state index contributed by atoms with van der Waals surface area (Å²) in [6.07, 6.45) is 3.37. The summed E-state index contributed by atoms with van der Waals surface area (Å²) in [6, 6.07) is 16.0. The van der Waals surface area contributed by atoms with Crippen molar-refractivity contribution in [3.8, 4) is 5.69 Å². The van der Waals surface area contributed by atoms with Gasteiger partial charge in [-0.25, -0.2) is 4.68 Å². The Balaban J connectivity index is 1.69. The topological polar surface area (TPSA) is 41.4 Å². The van der Waals surface area contributed by atoms with Crippen molar-refractivity contribution in [3.63, 3.8) is 0 Å².